The standard InChI is InChI=1S/C16H25NO4/c1-3-17-15(16(19)20-4-2)10-12-21-14-7-5-13(6-8-14)9-11-18/h5-8,15,17-18H,3-4,9-12H2,1-2H3. The van der Waals surface area contributed by atoms with Gasteiger partial charge in [0.1, 0.15) is 11.8 Å². The molecule has 0 aliphatic carbocycles. The van der Waals surface area contributed by atoms with Crippen LogP contribution < -0.4 is 10.1 Å². The van der Waals surface area contributed by atoms with Crippen molar-refractivity contribution in [2.24, 2.45) is 0 Å². The van der Waals surface area contributed by atoms with Gasteiger partial charge in [-0.15, -0.1) is 0 Å². The predicted molar refractivity (Wildman–Crippen MR) is 81.4 cm³/mol. The third-order valence-electron chi connectivity index (χ3n) is 3.02. The molecule has 0 bridgehead atoms. The van der Waals surface area contributed by atoms with Gasteiger partial charge in [-0.25, -0.2) is 0 Å². The Morgan fingerprint density at radius 1 is 1.29 bits per heavy atom. The van der Waals surface area contributed by atoms with Crippen molar-refractivity contribution in [3.8, 4) is 5.75 Å². The van der Waals surface area contributed by atoms with Gasteiger partial charge in [0, 0.05) is 13.0 Å². The molecule has 1 aromatic carbocycles. The van der Waals surface area contributed by atoms with Crippen molar-refractivity contribution in [1.29, 1.82) is 0 Å². The summed E-state index contributed by atoms with van der Waals surface area (Å²) in [6.45, 7) is 5.42. The summed E-state index contributed by atoms with van der Waals surface area (Å²) in [7, 11) is 0. The lowest BCUT2D eigenvalue weighted by Gasteiger charge is -2.16. The van der Waals surface area contributed by atoms with Crippen molar-refractivity contribution >= 4 is 5.97 Å². The fourth-order valence-electron chi connectivity index (χ4n) is 1.97. The zero-order chi connectivity index (χ0) is 15.5. The van der Waals surface area contributed by atoms with Crippen LogP contribution in [0.2, 0.25) is 0 Å². The molecule has 0 spiro atoms. The van der Waals surface area contributed by atoms with Crippen molar-refractivity contribution < 1.29 is 19.4 Å². The van der Waals surface area contributed by atoms with E-state index < -0.39 is 0 Å². The van der Waals surface area contributed by atoms with Crippen LogP contribution in [0.1, 0.15) is 25.8 Å². The number of rotatable bonds is 10. The molecular weight excluding hydrogens is 270 g/mol. The van der Waals surface area contributed by atoms with Crippen LogP contribution in [0, 0.1) is 0 Å². The first-order valence-electron chi connectivity index (χ1n) is 7.43. The Morgan fingerprint density at radius 2 is 2.00 bits per heavy atom. The number of aliphatic hydroxyl groups excluding tert-OH is 1. The average Bonchev–Trinajstić information content (AvgIpc) is 2.48. The molecule has 2 N–H and O–H groups in total. The van der Waals surface area contributed by atoms with E-state index in [-0.39, 0.29) is 18.6 Å². The van der Waals surface area contributed by atoms with Crippen LogP contribution in [0.4, 0.5) is 0 Å². The highest BCUT2D eigenvalue weighted by molar-refractivity contribution is 5.75. The number of esters is 1. The smallest absolute Gasteiger partial charge is 0.323 e. The zero-order valence-corrected chi connectivity index (χ0v) is 12.8. The molecule has 0 heterocycles. The molecule has 0 saturated heterocycles. The fourth-order valence-corrected chi connectivity index (χ4v) is 1.97. The summed E-state index contributed by atoms with van der Waals surface area (Å²) >= 11 is 0. The minimum Gasteiger partial charge on any atom is -0.494 e. The van der Waals surface area contributed by atoms with E-state index in [2.05, 4.69) is 5.32 Å². The molecular formula is C16H25NO4. The molecule has 0 radical (unpaired) electrons. The number of ether oxygens (including phenoxy) is 2. The Hall–Kier alpha value is -1.59. The highest BCUT2D eigenvalue weighted by atomic mass is 16.5. The van der Waals surface area contributed by atoms with Gasteiger partial charge in [-0.3, -0.25) is 4.79 Å². The Balaban J connectivity index is 2.40. The third kappa shape index (κ3) is 6.60. The van der Waals surface area contributed by atoms with E-state index in [9.17, 15) is 4.79 Å². The largest absolute Gasteiger partial charge is 0.494 e. The van der Waals surface area contributed by atoms with Crippen molar-refractivity contribution in [1.82, 2.24) is 5.32 Å². The molecule has 1 rings (SSSR count). The number of aliphatic hydroxyl groups is 1. The van der Waals surface area contributed by atoms with Gasteiger partial charge < -0.3 is 19.9 Å². The number of nitrogens with one attached hydrogen (secondary N) is 1. The number of carbonyl (C=O) groups excluding carboxylic acids is 1. The Labute approximate surface area is 126 Å². The van der Waals surface area contributed by atoms with Crippen molar-refractivity contribution in [2.45, 2.75) is 32.7 Å². The van der Waals surface area contributed by atoms with E-state index in [1.807, 2.05) is 31.2 Å². The first-order chi connectivity index (χ1) is 10.2. The second-order valence-electron chi connectivity index (χ2n) is 4.62. The summed E-state index contributed by atoms with van der Waals surface area (Å²) in [4.78, 5) is 11.7. The molecule has 21 heavy (non-hydrogen) atoms. The van der Waals surface area contributed by atoms with Gasteiger partial charge in [0.2, 0.25) is 0 Å². The van der Waals surface area contributed by atoms with Crippen LogP contribution in [-0.2, 0) is 16.0 Å². The first kappa shape index (κ1) is 17.5. The molecule has 1 atom stereocenters. The maximum Gasteiger partial charge on any atom is 0.323 e. The SMILES string of the molecule is CCNC(CCOc1ccc(CCO)cc1)C(=O)OCC. The lowest BCUT2D eigenvalue weighted by Crippen LogP contribution is -2.39. The molecule has 5 heteroatoms. The summed E-state index contributed by atoms with van der Waals surface area (Å²) in [5.74, 6) is 0.525. The van der Waals surface area contributed by atoms with Gasteiger partial charge in [0.05, 0.1) is 13.2 Å². The van der Waals surface area contributed by atoms with Crippen molar-refractivity contribution in [3.63, 3.8) is 0 Å². The van der Waals surface area contributed by atoms with E-state index >= 15 is 0 Å². The lowest BCUT2D eigenvalue weighted by atomic mass is 10.1. The van der Waals surface area contributed by atoms with E-state index in [1.54, 1.807) is 6.92 Å². The van der Waals surface area contributed by atoms with Crippen LogP contribution >= 0.6 is 0 Å². The van der Waals surface area contributed by atoms with Crippen LogP contribution in [-0.4, -0.2) is 43.5 Å². The average molecular weight is 295 g/mol. The summed E-state index contributed by atoms with van der Waals surface area (Å²) in [5.41, 5.74) is 1.07. The summed E-state index contributed by atoms with van der Waals surface area (Å²) in [6.07, 6.45) is 1.21. The molecule has 5 nitrogen and oxygen atoms in total. The van der Waals surface area contributed by atoms with Crippen LogP contribution in [0.5, 0.6) is 5.75 Å². The molecule has 0 aliphatic heterocycles. The first-order valence-corrected chi connectivity index (χ1v) is 7.43. The van der Waals surface area contributed by atoms with Gasteiger partial charge in [0.15, 0.2) is 0 Å². The molecule has 0 amide bonds. The third-order valence-corrected chi connectivity index (χ3v) is 3.02. The van der Waals surface area contributed by atoms with Crippen molar-refractivity contribution in [3.05, 3.63) is 29.8 Å². The Morgan fingerprint density at radius 3 is 2.57 bits per heavy atom. The zero-order valence-electron chi connectivity index (χ0n) is 12.8. The molecule has 0 saturated carbocycles. The molecule has 0 aliphatic rings. The lowest BCUT2D eigenvalue weighted by molar-refractivity contribution is -0.146. The summed E-state index contributed by atoms with van der Waals surface area (Å²) < 4.78 is 10.7. The van der Waals surface area contributed by atoms with Crippen molar-refractivity contribution in [2.75, 3.05) is 26.4 Å². The van der Waals surface area contributed by atoms with Crippen LogP contribution in [0.25, 0.3) is 0 Å². The minimum absolute atomic E-state index is 0.143. The molecule has 1 aromatic rings. The minimum atomic E-state index is -0.330. The van der Waals surface area contributed by atoms with E-state index in [0.717, 1.165) is 11.3 Å². The Kier molecular flexibility index (Phi) is 8.47. The second-order valence-corrected chi connectivity index (χ2v) is 4.62. The quantitative estimate of drug-likeness (QED) is 0.641. The monoisotopic (exact) mass is 295 g/mol. The Bertz CT molecular complexity index is 405. The van der Waals surface area contributed by atoms with Crippen LogP contribution in [0.15, 0.2) is 24.3 Å². The van der Waals surface area contributed by atoms with Gasteiger partial charge in [-0.05, 0) is 37.6 Å². The highest BCUT2D eigenvalue weighted by Gasteiger charge is 2.18. The molecule has 0 fully saturated rings. The van der Waals surface area contributed by atoms with Gasteiger partial charge >= 0.3 is 5.97 Å². The highest BCUT2D eigenvalue weighted by Crippen LogP contribution is 2.13. The van der Waals surface area contributed by atoms with Gasteiger partial charge in [-0.1, -0.05) is 19.1 Å². The molecule has 118 valence electrons. The van der Waals surface area contributed by atoms with E-state index in [1.165, 1.54) is 0 Å². The number of benzene rings is 1. The van der Waals surface area contributed by atoms with Gasteiger partial charge in [0.25, 0.3) is 0 Å². The second kappa shape index (κ2) is 10.2. The summed E-state index contributed by atoms with van der Waals surface area (Å²) in [6, 6.07) is 7.27. The summed E-state index contributed by atoms with van der Waals surface area (Å²) in [5, 5.41) is 12.0. The predicted octanol–water partition coefficient (Wildman–Crippen LogP) is 1.53. The topological polar surface area (TPSA) is 67.8 Å². The van der Waals surface area contributed by atoms with E-state index in [0.29, 0.717) is 32.6 Å². The number of hydrogen-bond acceptors (Lipinski definition) is 5. The number of likely N-dealkylation sites (N-methyl/N-ethyl adjacent to an activating group) is 1. The van der Waals surface area contributed by atoms with Crippen LogP contribution in [0.3, 0.4) is 0 Å². The fraction of sp³-hybridized carbons (Fsp3) is 0.562. The van der Waals surface area contributed by atoms with E-state index in [4.69, 9.17) is 14.6 Å². The number of carbonyl (C=O) groups is 1. The maximum atomic E-state index is 11.7. The number of hydrogen-bond donors (Lipinski definition) is 2. The normalized spacial score (nSPS) is 12.0. The maximum absolute atomic E-state index is 11.7. The molecule has 0 aromatic heterocycles. The van der Waals surface area contributed by atoms with Gasteiger partial charge in [-0.2, -0.15) is 0 Å². The molecule has 1 unspecified atom stereocenters.